The van der Waals surface area contributed by atoms with Gasteiger partial charge in [-0.05, 0) is 26.0 Å². The van der Waals surface area contributed by atoms with E-state index in [2.05, 4.69) is 4.98 Å². The standard InChI is InChI=1S/C12H11N3O/c1-3-15-7-9(6-13)11(16)10-5-4-8(2)14-12(10)15/h4-5,7H,3H2,1-2H3. The molecule has 2 aromatic heterocycles. The third-order valence-electron chi connectivity index (χ3n) is 2.52. The van der Waals surface area contributed by atoms with E-state index < -0.39 is 0 Å². The molecule has 0 unspecified atom stereocenters. The van der Waals surface area contributed by atoms with E-state index in [0.717, 1.165) is 5.69 Å². The normalized spacial score (nSPS) is 10.3. The van der Waals surface area contributed by atoms with E-state index in [9.17, 15) is 4.79 Å². The van der Waals surface area contributed by atoms with Crippen LogP contribution in [0.2, 0.25) is 0 Å². The molecule has 2 heterocycles. The summed E-state index contributed by atoms with van der Waals surface area (Å²) in [5.41, 5.74) is 1.43. The SMILES string of the molecule is CCn1cc(C#N)c(=O)c2ccc(C)nc21. The minimum atomic E-state index is -0.241. The quantitative estimate of drug-likeness (QED) is 0.722. The summed E-state index contributed by atoms with van der Waals surface area (Å²) in [7, 11) is 0. The van der Waals surface area contributed by atoms with Crippen LogP contribution in [-0.4, -0.2) is 9.55 Å². The van der Waals surface area contributed by atoms with E-state index in [1.165, 1.54) is 0 Å². The molecule has 4 nitrogen and oxygen atoms in total. The Balaban J connectivity index is 2.98. The van der Waals surface area contributed by atoms with Gasteiger partial charge in [-0.3, -0.25) is 4.79 Å². The van der Waals surface area contributed by atoms with Crippen LogP contribution in [0.25, 0.3) is 11.0 Å². The number of rotatable bonds is 1. The highest BCUT2D eigenvalue weighted by molar-refractivity contribution is 5.76. The van der Waals surface area contributed by atoms with Crippen LogP contribution < -0.4 is 5.43 Å². The van der Waals surface area contributed by atoms with Crippen LogP contribution in [0.3, 0.4) is 0 Å². The Labute approximate surface area is 92.8 Å². The van der Waals surface area contributed by atoms with Crippen LogP contribution in [0.4, 0.5) is 0 Å². The first-order valence-corrected chi connectivity index (χ1v) is 5.08. The predicted octanol–water partition coefficient (Wildman–Crippen LogP) is 1.60. The molecular formula is C12H11N3O. The van der Waals surface area contributed by atoms with Gasteiger partial charge in [0.15, 0.2) is 0 Å². The summed E-state index contributed by atoms with van der Waals surface area (Å²) >= 11 is 0. The third kappa shape index (κ3) is 1.47. The smallest absolute Gasteiger partial charge is 0.208 e. The molecule has 0 saturated carbocycles. The van der Waals surface area contributed by atoms with Gasteiger partial charge in [0.2, 0.25) is 5.43 Å². The highest BCUT2D eigenvalue weighted by Gasteiger charge is 2.08. The van der Waals surface area contributed by atoms with Gasteiger partial charge in [0, 0.05) is 18.4 Å². The summed E-state index contributed by atoms with van der Waals surface area (Å²) in [4.78, 5) is 16.2. The summed E-state index contributed by atoms with van der Waals surface area (Å²) in [5, 5.41) is 9.37. The molecule has 2 rings (SSSR count). The van der Waals surface area contributed by atoms with Crippen LogP contribution in [0.15, 0.2) is 23.1 Å². The Morgan fingerprint density at radius 3 is 2.88 bits per heavy atom. The molecule has 16 heavy (non-hydrogen) atoms. The van der Waals surface area contributed by atoms with E-state index >= 15 is 0 Å². The fraction of sp³-hybridized carbons (Fsp3) is 0.250. The van der Waals surface area contributed by atoms with Gasteiger partial charge in [0.25, 0.3) is 0 Å². The molecular weight excluding hydrogens is 202 g/mol. The maximum Gasteiger partial charge on any atom is 0.208 e. The van der Waals surface area contributed by atoms with Crippen LogP contribution in [0.5, 0.6) is 0 Å². The average molecular weight is 213 g/mol. The van der Waals surface area contributed by atoms with Crippen molar-refractivity contribution in [2.75, 3.05) is 0 Å². The number of hydrogen-bond donors (Lipinski definition) is 0. The van der Waals surface area contributed by atoms with E-state index in [1.54, 1.807) is 18.3 Å². The van der Waals surface area contributed by atoms with Crippen molar-refractivity contribution in [1.82, 2.24) is 9.55 Å². The Morgan fingerprint density at radius 1 is 1.50 bits per heavy atom. The lowest BCUT2D eigenvalue weighted by Gasteiger charge is -2.08. The first-order chi connectivity index (χ1) is 7.67. The first-order valence-electron chi connectivity index (χ1n) is 5.08. The minimum absolute atomic E-state index is 0.167. The van der Waals surface area contributed by atoms with E-state index in [4.69, 9.17) is 5.26 Å². The highest BCUT2D eigenvalue weighted by Crippen LogP contribution is 2.10. The van der Waals surface area contributed by atoms with Crippen molar-refractivity contribution >= 4 is 11.0 Å². The van der Waals surface area contributed by atoms with Crippen molar-refractivity contribution in [3.8, 4) is 6.07 Å². The Morgan fingerprint density at radius 2 is 2.25 bits per heavy atom. The van der Waals surface area contributed by atoms with Gasteiger partial charge in [-0.2, -0.15) is 5.26 Å². The van der Waals surface area contributed by atoms with E-state index in [0.29, 0.717) is 17.6 Å². The molecule has 0 aliphatic heterocycles. The van der Waals surface area contributed by atoms with Crippen molar-refractivity contribution in [2.24, 2.45) is 0 Å². The van der Waals surface area contributed by atoms with Crippen molar-refractivity contribution in [2.45, 2.75) is 20.4 Å². The number of hydrogen-bond acceptors (Lipinski definition) is 3. The molecule has 0 aromatic carbocycles. The van der Waals surface area contributed by atoms with E-state index in [-0.39, 0.29) is 11.0 Å². The molecule has 0 spiro atoms. The summed E-state index contributed by atoms with van der Waals surface area (Å²) in [6.45, 7) is 4.51. The van der Waals surface area contributed by atoms with Gasteiger partial charge in [0.05, 0.1) is 5.39 Å². The van der Waals surface area contributed by atoms with Crippen LogP contribution in [0.1, 0.15) is 18.2 Å². The summed E-state index contributed by atoms with van der Waals surface area (Å²) in [5.74, 6) is 0. The van der Waals surface area contributed by atoms with Gasteiger partial charge in [-0.15, -0.1) is 0 Å². The van der Waals surface area contributed by atoms with Gasteiger partial charge in [0.1, 0.15) is 17.3 Å². The zero-order valence-electron chi connectivity index (χ0n) is 9.19. The van der Waals surface area contributed by atoms with E-state index in [1.807, 2.05) is 24.5 Å². The molecule has 0 atom stereocenters. The Kier molecular flexibility index (Phi) is 2.45. The molecule has 2 aromatic rings. The number of fused-ring (bicyclic) bond motifs is 1. The van der Waals surface area contributed by atoms with Crippen LogP contribution in [-0.2, 0) is 6.54 Å². The fourth-order valence-corrected chi connectivity index (χ4v) is 1.68. The molecule has 4 heteroatoms. The molecule has 0 N–H and O–H groups in total. The number of nitrogens with zero attached hydrogens (tertiary/aromatic N) is 3. The summed E-state index contributed by atoms with van der Waals surface area (Å²) in [6.07, 6.45) is 1.57. The van der Waals surface area contributed by atoms with Gasteiger partial charge < -0.3 is 4.57 Å². The third-order valence-corrected chi connectivity index (χ3v) is 2.52. The largest absolute Gasteiger partial charge is 0.331 e. The van der Waals surface area contributed by atoms with Crippen molar-refractivity contribution in [1.29, 1.82) is 5.26 Å². The molecule has 0 aliphatic rings. The van der Waals surface area contributed by atoms with Gasteiger partial charge in [-0.25, -0.2) is 4.98 Å². The Bertz CT molecular complexity index is 650. The van der Waals surface area contributed by atoms with Crippen molar-refractivity contribution in [3.05, 3.63) is 39.8 Å². The maximum absolute atomic E-state index is 11.9. The van der Waals surface area contributed by atoms with Gasteiger partial charge in [-0.1, -0.05) is 0 Å². The molecule has 0 saturated heterocycles. The maximum atomic E-state index is 11.9. The van der Waals surface area contributed by atoms with Crippen LogP contribution >= 0.6 is 0 Å². The van der Waals surface area contributed by atoms with Crippen molar-refractivity contribution < 1.29 is 0 Å². The van der Waals surface area contributed by atoms with Crippen molar-refractivity contribution in [3.63, 3.8) is 0 Å². The fourth-order valence-electron chi connectivity index (χ4n) is 1.68. The predicted molar refractivity (Wildman–Crippen MR) is 61.1 cm³/mol. The lowest BCUT2D eigenvalue weighted by molar-refractivity contribution is 0.773. The number of aryl methyl sites for hydroxylation is 2. The second kappa shape index (κ2) is 3.78. The Hall–Kier alpha value is -2.15. The topological polar surface area (TPSA) is 58.7 Å². The molecule has 0 bridgehead atoms. The number of aromatic nitrogens is 2. The summed E-state index contributed by atoms with van der Waals surface area (Å²) < 4.78 is 1.82. The zero-order chi connectivity index (χ0) is 11.7. The first kappa shape index (κ1) is 10.4. The summed E-state index contributed by atoms with van der Waals surface area (Å²) in [6, 6.07) is 5.43. The lowest BCUT2D eigenvalue weighted by atomic mass is 10.2. The number of pyridine rings is 2. The van der Waals surface area contributed by atoms with Crippen LogP contribution in [0, 0.1) is 18.3 Å². The molecule has 0 fully saturated rings. The minimum Gasteiger partial charge on any atom is -0.331 e. The number of nitriles is 1. The highest BCUT2D eigenvalue weighted by atomic mass is 16.1. The second-order valence-electron chi connectivity index (χ2n) is 3.59. The molecule has 0 amide bonds. The monoisotopic (exact) mass is 213 g/mol. The second-order valence-corrected chi connectivity index (χ2v) is 3.59. The lowest BCUT2D eigenvalue weighted by Crippen LogP contribution is -2.13. The average Bonchev–Trinajstić information content (AvgIpc) is 2.29. The molecule has 0 radical (unpaired) electrons. The van der Waals surface area contributed by atoms with Gasteiger partial charge >= 0.3 is 0 Å². The zero-order valence-corrected chi connectivity index (χ0v) is 9.19. The molecule has 80 valence electrons. The molecule has 0 aliphatic carbocycles.